The van der Waals surface area contributed by atoms with Gasteiger partial charge in [0.1, 0.15) is 5.30 Å². The predicted octanol–water partition coefficient (Wildman–Crippen LogP) is 13.7. The van der Waals surface area contributed by atoms with Gasteiger partial charge in [-0.25, -0.2) is 0 Å². The molecule has 320 valence electrons. The minimum atomic E-state index is -3.67. The number of rotatable bonds is 11. The van der Waals surface area contributed by atoms with Gasteiger partial charge < -0.3 is 10.1 Å². The zero-order chi connectivity index (χ0) is 41.7. The molecule has 4 aromatic rings. The minimum absolute atomic E-state index is 0. The molecule has 0 bridgehead atoms. The molecule has 4 aromatic carbocycles. The minimum Gasteiger partial charge on any atom is -0.487 e. The second-order valence-corrected chi connectivity index (χ2v) is 21.8. The predicted molar refractivity (Wildman–Crippen MR) is 249 cm³/mol. The van der Waals surface area contributed by atoms with E-state index in [-0.39, 0.29) is 26.5 Å². The van der Waals surface area contributed by atoms with Crippen LogP contribution in [-0.2, 0) is 30.5 Å². The first-order valence-corrected chi connectivity index (χ1v) is 25.1. The molecular formula is C50H72NO4PPdS+2. The third-order valence-electron chi connectivity index (χ3n) is 11.4. The molecule has 2 saturated carbocycles. The van der Waals surface area contributed by atoms with Gasteiger partial charge in [-0.15, -0.1) is 35.9 Å². The number of hydrogen-bond acceptors (Lipinski definition) is 4. The maximum Gasteiger partial charge on any atom is 2.00 e. The number of ether oxygens (including phenoxy) is 1. The number of para-hydroxylation sites is 1. The van der Waals surface area contributed by atoms with Gasteiger partial charge >= 0.3 is 20.4 Å². The van der Waals surface area contributed by atoms with Crippen LogP contribution in [0.4, 0.5) is 5.69 Å². The SMILES string of the molecule is CC(C)Oc1cccc(-c2c(C(C)C)cc(C(C)C)cc2C(C)C)c1[PH+](C1CCCCC1)C1CCCCC1.CNc1ccccc1-c1[c-]cccc1.CS(=O)(=O)O.[Pd+2]. The normalized spacial score (nSPS) is 15.1. The number of nitrogens with one attached hydrogen (secondary N) is 1. The Morgan fingerprint density at radius 3 is 1.66 bits per heavy atom. The van der Waals surface area contributed by atoms with Crippen molar-refractivity contribution in [1.82, 2.24) is 0 Å². The van der Waals surface area contributed by atoms with E-state index in [4.69, 9.17) is 9.29 Å². The molecule has 0 aliphatic heterocycles. The molecule has 0 atom stereocenters. The van der Waals surface area contributed by atoms with Crippen LogP contribution in [0.5, 0.6) is 5.75 Å². The zero-order valence-electron chi connectivity index (χ0n) is 36.9. The number of hydrogen-bond donors (Lipinski definition) is 2. The topological polar surface area (TPSA) is 75.6 Å². The van der Waals surface area contributed by atoms with Crippen LogP contribution in [-0.4, -0.2) is 43.7 Å². The van der Waals surface area contributed by atoms with Crippen molar-refractivity contribution < 1.29 is 38.1 Å². The maximum atomic E-state index is 9.19. The fraction of sp³-hybridized carbons (Fsp3) is 0.520. The van der Waals surface area contributed by atoms with Crippen molar-refractivity contribution in [2.45, 2.75) is 155 Å². The molecule has 2 aliphatic rings. The second kappa shape index (κ2) is 24.1. The average molecular weight is 921 g/mol. The van der Waals surface area contributed by atoms with E-state index in [2.05, 4.69) is 115 Å². The Labute approximate surface area is 368 Å². The van der Waals surface area contributed by atoms with Gasteiger partial charge in [-0.2, -0.15) is 8.42 Å². The third kappa shape index (κ3) is 14.6. The standard InChI is InChI=1S/C36H55OP.C13H12N.CH4O3S.Pd/c1-24(2)28-22-32(25(3)4)35(33(23-28)26(5)6)31-20-15-21-34(37-27(7)8)36(31)38(29-16-11-9-12-17-29)30-18-13-10-14-19-30;1-14-13-10-6-5-9-12(13)11-7-3-2-4-8-11;1-5(2,3)4;/h15,20-27,29-30H,9-14,16-19H2,1-8H3;2-7,9-10,14H,1H3;1H3,(H,2,3,4);/q;-1;;+2/p+1. The Kier molecular flexibility index (Phi) is 20.7. The first-order valence-electron chi connectivity index (χ1n) is 21.6. The summed E-state index contributed by atoms with van der Waals surface area (Å²) in [6.07, 6.45) is 15.2. The molecule has 6 rings (SSSR count). The van der Waals surface area contributed by atoms with Gasteiger partial charge in [0.25, 0.3) is 10.1 Å². The molecule has 0 heterocycles. The molecule has 5 nitrogen and oxygen atoms in total. The number of benzene rings is 4. The monoisotopic (exact) mass is 919 g/mol. The van der Waals surface area contributed by atoms with E-state index in [1.54, 1.807) is 5.30 Å². The van der Waals surface area contributed by atoms with Crippen molar-refractivity contribution >= 4 is 29.0 Å². The molecule has 0 radical (unpaired) electrons. The summed E-state index contributed by atoms with van der Waals surface area (Å²) in [4.78, 5) is 0. The first-order chi connectivity index (χ1) is 27.1. The van der Waals surface area contributed by atoms with Gasteiger partial charge in [-0.3, -0.25) is 4.55 Å². The van der Waals surface area contributed by atoms with Crippen LogP contribution in [0.2, 0.25) is 0 Å². The van der Waals surface area contributed by atoms with Gasteiger partial charge in [0.05, 0.1) is 23.7 Å². The summed E-state index contributed by atoms with van der Waals surface area (Å²) < 4.78 is 32.6. The summed E-state index contributed by atoms with van der Waals surface area (Å²) in [6, 6.07) is 31.6. The van der Waals surface area contributed by atoms with E-state index < -0.39 is 18.0 Å². The van der Waals surface area contributed by atoms with E-state index in [9.17, 15) is 8.42 Å². The summed E-state index contributed by atoms with van der Waals surface area (Å²) in [6.45, 7) is 18.7. The van der Waals surface area contributed by atoms with Gasteiger partial charge in [0.2, 0.25) is 0 Å². The van der Waals surface area contributed by atoms with Gasteiger partial charge in [0, 0.05) is 20.5 Å². The Morgan fingerprint density at radius 2 is 1.21 bits per heavy atom. The van der Waals surface area contributed by atoms with Crippen molar-refractivity contribution in [2.75, 3.05) is 18.6 Å². The zero-order valence-corrected chi connectivity index (χ0v) is 40.3. The molecule has 2 fully saturated rings. The summed E-state index contributed by atoms with van der Waals surface area (Å²) in [5.74, 6) is 2.73. The number of anilines is 1. The molecule has 8 heteroatoms. The molecule has 58 heavy (non-hydrogen) atoms. The fourth-order valence-electron chi connectivity index (χ4n) is 8.72. The van der Waals surface area contributed by atoms with Crippen molar-refractivity contribution in [3.8, 4) is 28.0 Å². The van der Waals surface area contributed by atoms with E-state index in [0.29, 0.717) is 24.0 Å². The summed E-state index contributed by atoms with van der Waals surface area (Å²) >= 11 is 0. The van der Waals surface area contributed by atoms with Crippen LogP contribution >= 0.6 is 7.92 Å². The van der Waals surface area contributed by atoms with Crippen LogP contribution in [0.1, 0.15) is 154 Å². The Morgan fingerprint density at radius 1 is 0.707 bits per heavy atom. The summed E-state index contributed by atoms with van der Waals surface area (Å²) in [7, 11) is -2.54. The Hall–Kier alpha value is -2.52. The second-order valence-electron chi connectivity index (χ2n) is 17.3. The largest absolute Gasteiger partial charge is 2.00 e. The molecule has 0 amide bonds. The van der Waals surface area contributed by atoms with Crippen LogP contribution in [0.15, 0.2) is 78.9 Å². The maximum absolute atomic E-state index is 9.19. The molecule has 0 unspecified atom stereocenters. The third-order valence-corrected chi connectivity index (χ3v) is 15.4. The first kappa shape index (κ1) is 49.8. The molecule has 0 spiro atoms. The van der Waals surface area contributed by atoms with Crippen LogP contribution in [0.3, 0.4) is 0 Å². The van der Waals surface area contributed by atoms with Gasteiger partial charge in [0.15, 0.2) is 5.75 Å². The smallest absolute Gasteiger partial charge is 0.487 e. The van der Waals surface area contributed by atoms with Gasteiger partial charge in [-0.05, 0) is 123 Å². The van der Waals surface area contributed by atoms with E-state index in [0.717, 1.165) is 22.6 Å². The van der Waals surface area contributed by atoms with Crippen molar-refractivity contribution in [3.63, 3.8) is 0 Å². The molecule has 0 aromatic heterocycles. The van der Waals surface area contributed by atoms with Crippen molar-refractivity contribution in [2.24, 2.45) is 0 Å². The van der Waals surface area contributed by atoms with E-state index >= 15 is 0 Å². The Bertz CT molecular complexity index is 1880. The fourth-order valence-corrected chi connectivity index (χ4v) is 13.2. The summed E-state index contributed by atoms with van der Waals surface area (Å²) in [5.41, 5.74) is 12.8. The van der Waals surface area contributed by atoms with Gasteiger partial charge in [-0.1, -0.05) is 102 Å². The van der Waals surface area contributed by atoms with Crippen molar-refractivity contribution in [3.05, 3.63) is 102 Å². The molecular weight excluding hydrogens is 848 g/mol. The van der Waals surface area contributed by atoms with E-state index in [1.807, 2.05) is 37.4 Å². The average Bonchev–Trinajstić information content (AvgIpc) is 3.18. The molecule has 0 saturated heterocycles. The Balaban J connectivity index is 0.000000370. The van der Waals surface area contributed by atoms with E-state index in [1.165, 1.54) is 103 Å². The molecule has 2 N–H and O–H groups in total. The van der Waals surface area contributed by atoms with Crippen LogP contribution in [0.25, 0.3) is 22.3 Å². The van der Waals surface area contributed by atoms with Crippen LogP contribution in [0, 0.1) is 6.07 Å². The molecule has 2 aliphatic carbocycles. The summed E-state index contributed by atoms with van der Waals surface area (Å²) in [5, 5.41) is 4.83. The van der Waals surface area contributed by atoms with Crippen LogP contribution < -0.4 is 15.4 Å². The van der Waals surface area contributed by atoms with Crippen molar-refractivity contribution in [1.29, 1.82) is 0 Å². The quantitative estimate of drug-likeness (QED) is 0.0678.